The predicted octanol–water partition coefficient (Wildman–Crippen LogP) is 1.10. The Morgan fingerprint density at radius 2 is 1.96 bits per heavy atom. The fourth-order valence-corrected chi connectivity index (χ4v) is 3.23. The molecule has 8 nitrogen and oxygen atoms in total. The molecule has 0 spiro atoms. The van der Waals surface area contributed by atoms with Gasteiger partial charge in [-0.05, 0) is 26.0 Å². The molecule has 0 saturated carbocycles. The molecule has 1 aliphatic rings. The maximum atomic E-state index is 12.3. The van der Waals surface area contributed by atoms with Crippen LogP contribution in [0.1, 0.15) is 24.2 Å². The fourth-order valence-electron chi connectivity index (χ4n) is 2.10. The van der Waals surface area contributed by atoms with Crippen LogP contribution in [0.5, 0.6) is 0 Å². The number of methoxy groups -OCH3 is 1. The number of carbonyl (C=O) groups is 4. The average Bonchev–Trinajstić information content (AvgIpc) is 2.84. The Morgan fingerprint density at radius 3 is 2.56 bits per heavy atom. The summed E-state index contributed by atoms with van der Waals surface area (Å²) in [5.41, 5.74) is -0.811. The number of esters is 2. The molecule has 2 atom stereocenters. The van der Waals surface area contributed by atoms with Crippen LogP contribution in [-0.2, 0) is 19.1 Å². The lowest BCUT2D eigenvalue weighted by Crippen LogP contribution is -2.46. The Hall–Kier alpha value is -2.55. The molecule has 1 aliphatic heterocycles. The van der Waals surface area contributed by atoms with E-state index in [2.05, 4.69) is 15.4 Å². The largest absolute Gasteiger partial charge is 0.466 e. The quantitative estimate of drug-likeness (QED) is 0.440. The van der Waals surface area contributed by atoms with Gasteiger partial charge in [0.2, 0.25) is 0 Å². The molecule has 25 heavy (non-hydrogen) atoms. The van der Waals surface area contributed by atoms with Gasteiger partial charge in [0.25, 0.3) is 5.91 Å². The Morgan fingerprint density at radius 1 is 1.28 bits per heavy atom. The van der Waals surface area contributed by atoms with Crippen LogP contribution in [0.25, 0.3) is 0 Å². The number of thioether (sulfide) groups is 1. The maximum Gasteiger partial charge on any atom is 0.346 e. The molecule has 2 rings (SSSR count). The van der Waals surface area contributed by atoms with E-state index in [1.165, 1.54) is 25.8 Å². The molecule has 1 heterocycles. The summed E-state index contributed by atoms with van der Waals surface area (Å²) in [4.78, 5) is 47.4. The molecule has 134 valence electrons. The number of amides is 3. The van der Waals surface area contributed by atoms with E-state index in [1.54, 1.807) is 31.2 Å². The van der Waals surface area contributed by atoms with Crippen molar-refractivity contribution in [1.29, 1.82) is 0 Å². The Bertz CT molecular complexity index is 722. The summed E-state index contributed by atoms with van der Waals surface area (Å²) in [6.07, 6.45) is -1.03. The second-order valence-electron chi connectivity index (χ2n) is 5.60. The molecule has 0 radical (unpaired) electrons. The summed E-state index contributed by atoms with van der Waals surface area (Å²) in [7, 11) is 1.21. The third-order valence-corrected chi connectivity index (χ3v) is 4.95. The molecule has 2 N–H and O–H groups in total. The standard InChI is InChI=1S/C16H18N2O6S/c1-9(12(19)23-3)24-13(20)10-6-4-5-7-11(10)25-8-16(2)14(21)17-15(22)18-16/h4-7,9H,8H2,1-3H3,(H2,17,18,21,22)/t9-,16-/m1/s1. The van der Waals surface area contributed by atoms with Crippen LogP contribution in [0.3, 0.4) is 0 Å². The molecule has 0 aromatic heterocycles. The third kappa shape index (κ3) is 4.30. The molecule has 1 saturated heterocycles. The summed E-state index contributed by atoms with van der Waals surface area (Å²) in [6, 6.07) is 6.10. The highest BCUT2D eigenvalue weighted by molar-refractivity contribution is 7.99. The summed E-state index contributed by atoms with van der Waals surface area (Å²) >= 11 is 1.23. The third-order valence-electron chi connectivity index (χ3n) is 3.56. The van der Waals surface area contributed by atoms with Crippen molar-refractivity contribution >= 4 is 35.6 Å². The van der Waals surface area contributed by atoms with Crippen molar-refractivity contribution in [3.63, 3.8) is 0 Å². The zero-order valence-electron chi connectivity index (χ0n) is 14.0. The van der Waals surface area contributed by atoms with Crippen LogP contribution in [0.4, 0.5) is 4.79 Å². The number of rotatable bonds is 6. The Labute approximate surface area is 148 Å². The lowest BCUT2D eigenvalue weighted by molar-refractivity contribution is -0.149. The highest BCUT2D eigenvalue weighted by atomic mass is 32.2. The van der Waals surface area contributed by atoms with Gasteiger partial charge in [0, 0.05) is 10.6 Å². The molecule has 1 aromatic rings. The summed E-state index contributed by atoms with van der Waals surface area (Å²) in [6.45, 7) is 3.01. The normalized spacial score (nSPS) is 20.4. The van der Waals surface area contributed by atoms with Gasteiger partial charge in [-0.25, -0.2) is 14.4 Å². The minimum Gasteiger partial charge on any atom is -0.466 e. The lowest BCUT2D eigenvalue weighted by Gasteiger charge is -2.20. The maximum absolute atomic E-state index is 12.3. The number of ether oxygens (including phenoxy) is 2. The first kappa shape index (κ1) is 18.8. The van der Waals surface area contributed by atoms with Crippen molar-refractivity contribution in [2.24, 2.45) is 0 Å². The molecular formula is C16H18N2O6S. The van der Waals surface area contributed by atoms with E-state index < -0.39 is 35.5 Å². The van der Waals surface area contributed by atoms with E-state index in [-0.39, 0.29) is 11.3 Å². The summed E-state index contributed by atoms with van der Waals surface area (Å²) in [5.74, 6) is -1.53. The van der Waals surface area contributed by atoms with Gasteiger partial charge in [-0.2, -0.15) is 0 Å². The van der Waals surface area contributed by atoms with E-state index in [9.17, 15) is 19.2 Å². The first-order valence-corrected chi connectivity index (χ1v) is 8.39. The van der Waals surface area contributed by atoms with Crippen molar-refractivity contribution in [3.05, 3.63) is 29.8 Å². The molecule has 0 unspecified atom stereocenters. The van der Waals surface area contributed by atoms with E-state index >= 15 is 0 Å². The molecule has 0 aliphatic carbocycles. The zero-order chi connectivity index (χ0) is 18.6. The predicted molar refractivity (Wildman–Crippen MR) is 89.1 cm³/mol. The van der Waals surface area contributed by atoms with Gasteiger partial charge in [0.15, 0.2) is 6.10 Å². The van der Waals surface area contributed by atoms with Crippen molar-refractivity contribution < 1.29 is 28.7 Å². The zero-order valence-corrected chi connectivity index (χ0v) is 14.8. The molecule has 1 fully saturated rings. The highest BCUT2D eigenvalue weighted by Gasteiger charge is 2.42. The van der Waals surface area contributed by atoms with E-state index in [1.807, 2.05) is 0 Å². The number of urea groups is 1. The van der Waals surface area contributed by atoms with Crippen molar-refractivity contribution in [2.45, 2.75) is 30.4 Å². The van der Waals surface area contributed by atoms with Gasteiger partial charge < -0.3 is 14.8 Å². The number of carbonyl (C=O) groups excluding carboxylic acids is 4. The molecule has 3 amide bonds. The van der Waals surface area contributed by atoms with Gasteiger partial charge in [-0.1, -0.05) is 12.1 Å². The number of hydrogen-bond donors (Lipinski definition) is 2. The number of nitrogens with one attached hydrogen (secondary N) is 2. The number of hydrogen-bond acceptors (Lipinski definition) is 7. The summed E-state index contributed by atoms with van der Waals surface area (Å²) < 4.78 is 9.61. The second-order valence-corrected chi connectivity index (χ2v) is 6.61. The van der Waals surface area contributed by atoms with Crippen molar-refractivity contribution in [3.8, 4) is 0 Å². The Kier molecular flexibility index (Phi) is 5.68. The second kappa shape index (κ2) is 7.56. The number of benzene rings is 1. The fraction of sp³-hybridized carbons (Fsp3) is 0.375. The minimum atomic E-state index is -1.07. The van der Waals surface area contributed by atoms with Crippen LogP contribution in [-0.4, -0.2) is 48.4 Å². The van der Waals surface area contributed by atoms with E-state index in [0.717, 1.165) is 0 Å². The van der Waals surface area contributed by atoms with Gasteiger partial charge >= 0.3 is 18.0 Å². The Balaban J connectivity index is 2.10. The molecule has 0 bridgehead atoms. The first-order chi connectivity index (χ1) is 11.8. The SMILES string of the molecule is COC(=O)[C@@H](C)OC(=O)c1ccccc1SC[C@@]1(C)NC(=O)NC1=O. The van der Waals surface area contributed by atoms with Crippen LogP contribution in [0, 0.1) is 0 Å². The topological polar surface area (TPSA) is 111 Å². The van der Waals surface area contributed by atoms with Crippen LogP contribution in [0.2, 0.25) is 0 Å². The molecule has 1 aromatic carbocycles. The van der Waals surface area contributed by atoms with E-state index in [0.29, 0.717) is 4.90 Å². The van der Waals surface area contributed by atoms with Crippen LogP contribution < -0.4 is 10.6 Å². The van der Waals surface area contributed by atoms with Gasteiger partial charge in [0.1, 0.15) is 5.54 Å². The monoisotopic (exact) mass is 366 g/mol. The smallest absolute Gasteiger partial charge is 0.346 e. The molecule has 9 heteroatoms. The van der Waals surface area contributed by atoms with Crippen LogP contribution >= 0.6 is 11.8 Å². The van der Waals surface area contributed by atoms with Crippen molar-refractivity contribution in [2.75, 3.05) is 12.9 Å². The van der Waals surface area contributed by atoms with Crippen LogP contribution in [0.15, 0.2) is 29.2 Å². The lowest BCUT2D eigenvalue weighted by atomic mass is 10.1. The first-order valence-electron chi connectivity index (χ1n) is 7.41. The van der Waals surface area contributed by atoms with Gasteiger partial charge in [-0.15, -0.1) is 11.8 Å². The van der Waals surface area contributed by atoms with Gasteiger partial charge in [0.05, 0.1) is 12.7 Å². The summed E-state index contributed by atoms with van der Waals surface area (Å²) in [5, 5.41) is 4.74. The van der Waals surface area contributed by atoms with Gasteiger partial charge in [-0.3, -0.25) is 10.1 Å². The average molecular weight is 366 g/mol. The minimum absolute atomic E-state index is 0.224. The molecular weight excluding hydrogens is 348 g/mol. The number of imide groups is 1. The van der Waals surface area contributed by atoms with E-state index in [4.69, 9.17) is 4.74 Å². The highest BCUT2D eigenvalue weighted by Crippen LogP contribution is 2.28. The van der Waals surface area contributed by atoms with Crippen molar-refractivity contribution in [1.82, 2.24) is 10.6 Å².